The first kappa shape index (κ1) is 15.8. The smallest absolute Gasteiger partial charge is 0.161 e. The molecule has 0 bridgehead atoms. The first-order valence-corrected chi connectivity index (χ1v) is 7.29. The summed E-state index contributed by atoms with van der Waals surface area (Å²) in [6.45, 7) is 1.33. The van der Waals surface area contributed by atoms with Crippen LogP contribution in [0.2, 0.25) is 0 Å². The Labute approximate surface area is 132 Å². The fourth-order valence-corrected chi connectivity index (χ4v) is 2.44. The monoisotopic (exact) mass is 353 g/mol. The van der Waals surface area contributed by atoms with Crippen molar-refractivity contribution in [2.45, 2.75) is 13.1 Å². The van der Waals surface area contributed by atoms with Crippen molar-refractivity contribution in [3.05, 3.63) is 57.8 Å². The van der Waals surface area contributed by atoms with Gasteiger partial charge in [0.05, 0.1) is 14.2 Å². The van der Waals surface area contributed by atoms with Gasteiger partial charge in [0.1, 0.15) is 5.82 Å². The van der Waals surface area contributed by atoms with E-state index in [0.29, 0.717) is 24.6 Å². The standard InChI is InChI=1S/C16H17BrFNO2/c1-20-15-7-12(14(17)8-16(15)21-2)10-19-9-11-3-5-13(18)6-4-11/h3-8,19H,9-10H2,1-2H3. The molecule has 0 aliphatic carbocycles. The lowest BCUT2D eigenvalue weighted by molar-refractivity contribution is 0.354. The van der Waals surface area contributed by atoms with Crippen molar-refractivity contribution in [3.8, 4) is 11.5 Å². The van der Waals surface area contributed by atoms with Gasteiger partial charge in [0, 0.05) is 17.6 Å². The molecule has 0 heterocycles. The van der Waals surface area contributed by atoms with Gasteiger partial charge in [-0.15, -0.1) is 0 Å². The van der Waals surface area contributed by atoms with E-state index in [1.165, 1.54) is 12.1 Å². The van der Waals surface area contributed by atoms with Gasteiger partial charge in [-0.2, -0.15) is 0 Å². The summed E-state index contributed by atoms with van der Waals surface area (Å²) in [4.78, 5) is 0. The summed E-state index contributed by atoms with van der Waals surface area (Å²) in [6, 6.07) is 10.3. The van der Waals surface area contributed by atoms with Gasteiger partial charge in [-0.05, 0) is 35.4 Å². The molecule has 0 saturated carbocycles. The van der Waals surface area contributed by atoms with E-state index in [4.69, 9.17) is 9.47 Å². The molecule has 2 rings (SSSR count). The summed E-state index contributed by atoms with van der Waals surface area (Å²) in [6.07, 6.45) is 0. The van der Waals surface area contributed by atoms with Gasteiger partial charge < -0.3 is 14.8 Å². The van der Waals surface area contributed by atoms with Crippen LogP contribution in [0.3, 0.4) is 0 Å². The Morgan fingerprint density at radius 3 is 2.24 bits per heavy atom. The van der Waals surface area contributed by atoms with E-state index in [0.717, 1.165) is 15.6 Å². The van der Waals surface area contributed by atoms with Gasteiger partial charge in [-0.25, -0.2) is 4.39 Å². The number of benzene rings is 2. The maximum Gasteiger partial charge on any atom is 0.161 e. The molecule has 3 nitrogen and oxygen atoms in total. The lowest BCUT2D eigenvalue weighted by atomic mass is 10.2. The lowest BCUT2D eigenvalue weighted by Crippen LogP contribution is -2.13. The number of hydrogen-bond donors (Lipinski definition) is 1. The summed E-state index contributed by atoms with van der Waals surface area (Å²) >= 11 is 3.52. The summed E-state index contributed by atoms with van der Waals surface area (Å²) in [5, 5.41) is 3.32. The second kappa shape index (κ2) is 7.43. The zero-order valence-corrected chi connectivity index (χ0v) is 13.5. The van der Waals surface area contributed by atoms with E-state index in [-0.39, 0.29) is 5.82 Å². The van der Waals surface area contributed by atoms with Crippen molar-refractivity contribution in [1.29, 1.82) is 0 Å². The highest BCUT2D eigenvalue weighted by molar-refractivity contribution is 9.10. The van der Waals surface area contributed by atoms with Gasteiger partial charge >= 0.3 is 0 Å². The van der Waals surface area contributed by atoms with Crippen molar-refractivity contribution >= 4 is 15.9 Å². The molecule has 0 aliphatic rings. The lowest BCUT2D eigenvalue weighted by Gasteiger charge is -2.12. The molecule has 0 aliphatic heterocycles. The summed E-state index contributed by atoms with van der Waals surface area (Å²) < 4.78 is 24.3. The minimum Gasteiger partial charge on any atom is -0.493 e. The second-order valence-electron chi connectivity index (χ2n) is 4.53. The van der Waals surface area contributed by atoms with E-state index in [1.807, 2.05) is 12.1 Å². The molecule has 0 atom stereocenters. The molecule has 2 aromatic rings. The van der Waals surface area contributed by atoms with Crippen molar-refractivity contribution in [2.75, 3.05) is 14.2 Å². The largest absolute Gasteiger partial charge is 0.493 e. The van der Waals surface area contributed by atoms with Gasteiger partial charge in [-0.1, -0.05) is 28.1 Å². The van der Waals surface area contributed by atoms with Crippen LogP contribution < -0.4 is 14.8 Å². The highest BCUT2D eigenvalue weighted by Gasteiger charge is 2.09. The van der Waals surface area contributed by atoms with E-state index in [2.05, 4.69) is 21.2 Å². The Morgan fingerprint density at radius 1 is 1.00 bits per heavy atom. The Kier molecular flexibility index (Phi) is 5.59. The third-order valence-electron chi connectivity index (χ3n) is 3.11. The zero-order valence-electron chi connectivity index (χ0n) is 12.0. The van der Waals surface area contributed by atoms with E-state index in [9.17, 15) is 4.39 Å². The fraction of sp³-hybridized carbons (Fsp3) is 0.250. The molecular formula is C16H17BrFNO2. The number of hydrogen-bond acceptors (Lipinski definition) is 3. The first-order chi connectivity index (χ1) is 10.1. The number of rotatable bonds is 6. The van der Waals surface area contributed by atoms with Gasteiger partial charge in [0.15, 0.2) is 11.5 Å². The third-order valence-corrected chi connectivity index (χ3v) is 3.85. The maximum absolute atomic E-state index is 12.8. The highest BCUT2D eigenvalue weighted by Crippen LogP contribution is 2.33. The van der Waals surface area contributed by atoms with Gasteiger partial charge in [0.25, 0.3) is 0 Å². The van der Waals surface area contributed by atoms with Gasteiger partial charge in [-0.3, -0.25) is 0 Å². The molecular weight excluding hydrogens is 337 g/mol. The van der Waals surface area contributed by atoms with Crippen LogP contribution >= 0.6 is 15.9 Å². The molecule has 1 N–H and O–H groups in total. The Hall–Kier alpha value is -1.59. The first-order valence-electron chi connectivity index (χ1n) is 6.49. The predicted molar refractivity (Wildman–Crippen MR) is 84.2 cm³/mol. The van der Waals surface area contributed by atoms with Crippen LogP contribution in [0.25, 0.3) is 0 Å². The molecule has 0 saturated heterocycles. The predicted octanol–water partition coefficient (Wildman–Crippen LogP) is 3.90. The maximum atomic E-state index is 12.8. The summed E-state index contributed by atoms with van der Waals surface area (Å²) in [5.41, 5.74) is 2.10. The van der Waals surface area contributed by atoms with Crippen LogP contribution in [0, 0.1) is 5.82 Å². The summed E-state index contributed by atoms with van der Waals surface area (Å²) in [5.74, 6) is 1.16. The van der Waals surface area contributed by atoms with Crippen LogP contribution in [0.1, 0.15) is 11.1 Å². The molecule has 2 aromatic carbocycles. The number of nitrogens with one attached hydrogen (secondary N) is 1. The molecule has 0 amide bonds. The molecule has 0 fully saturated rings. The highest BCUT2D eigenvalue weighted by atomic mass is 79.9. The van der Waals surface area contributed by atoms with Crippen LogP contribution in [0.15, 0.2) is 40.9 Å². The van der Waals surface area contributed by atoms with E-state index < -0.39 is 0 Å². The quantitative estimate of drug-likeness (QED) is 0.854. The molecule has 0 unspecified atom stereocenters. The Morgan fingerprint density at radius 2 is 1.62 bits per heavy atom. The molecule has 0 radical (unpaired) electrons. The minimum absolute atomic E-state index is 0.221. The number of methoxy groups -OCH3 is 2. The number of ether oxygens (including phenoxy) is 2. The Bertz CT molecular complexity index is 602. The molecule has 112 valence electrons. The van der Waals surface area contributed by atoms with E-state index >= 15 is 0 Å². The van der Waals surface area contributed by atoms with Crippen molar-refractivity contribution in [1.82, 2.24) is 5.32 Å². The molecule has 0 spiro atoms. The average molecular weight is 354 g/mol. The SMILES string of the molecule is COc1cc(Br)c(CNCc2ccc(F)cc2)cc1OC. The molecule has 21 heavy (non-hydrogen) atoms. The van der Waals surface area contributed by atoms with Crippen LogP contribution in [-0.4, -0.2) is 14.2 Å². The van der Waals surface area contributed by atoms with Crippen LogP contribution in [0.5, 0.6) is 11.5 Å². The van der Waals surface area contributed by atoms with Crippen LogP contribution in [-0.2, 0) is 13.1 Å². The topological polar surface area (TPSA) is 30.5 Å². The van der Waals surface area contributed by atoms with Crippen molar-refractivity contribution < 1.29 is 13.9 Å². The van der Waals surface area contributed by atoms with Crippen LogP contribution in [0.4, 0.5) is 4.39 Å². The Balaban J connectivity index is 2.01. The van der Waals surface area contributed by atoms with Crippen molar-refractivity contribution in [3.63, 3.8) is 0 Å². The third kappa shape index (κ3) is 4.19. The fourth-order valence-electron chi connectivity index (χ4n) is 1.98. The molecule has 0 aromatic heterocycles. The number of halogens is 2. The average Bonchev–Trinajstić information content (AvgIpc) is 2.50. The van der Waals surface area contributed by atoms with E-state index in [1.54, 1.807) is 26.4 Å². The molecule has 5 heteroatoms. The minimum atomic E-state index is -0.221. The normalized spacial score (nSPS) is 10.5. The van der Waals surface area contributed by atoms with Gasteiger partial charge in [0.2, 0.25) is 0 Å². The van der Waals surface area contributed by atoms with Crippen molar-refractivity contribution in [2.24, 2.45) is 0 Å². The zero-order chi connectivity index (χ0) is 15.2. The summed E-state index contributed by atoms with van der Waals surface area (Å²) in [7, 11) is 3.22. The second-order valence-corrected chi connectivity index (χ2v) is 5.38.